The number of anilines is 1. The van der Waals surface area contributed by atoms with Crippen LogP contribution in [0.4, 0.5) is 5.69 Å². The minimum atomic E-state index is -0.613. The minimum Gasteiger partial charge on any atom is -0.493 e. The number of likely N-dealkylation sites (tertiary alicyclic amines) is 1. The molecular formula is C21H23N3O4. The standard InChI is InChI=1S/C21H23N3O4/c1-14(25)24-9-5-21(6-10-24)16-11-18(27-2)19(12-17(16)23-20(21)26)28-13-15-3-7-22-8-4-15/h3-4,7-8,11-12H,5-6,9-10,13H2,1-2H3,(H,23,26). The van der Waals surface area contributed by atoms with Crippen molar-refractivity contribution >= 4 is 17.5 Å². The highest BCUT2D eigenvalue weighted by molar-refractivity contribution is 6.07. The van der Waals surface area contributed by atoms with Gasteiger partial charge >= 0.3 is 0 Å². The molecule has 2 aliphatic heterocycles. The predicted octanol–water partition coefficient (Wildman–Crippen LogP) is 2.50. The summed E-state index contributed by atoms with van der Waals surface area (Å²) >= 11 is 0. The van der Waals surface area contributed by atoms with Gasteiger partial charge in [-0.1, -0.05) is 0 Å². The summed E-state index contributed by atoms with van der Waals surface area (Å²) in [6.45, 7) is 3.09. The van der Waals surface area contributed by atoms with Crippen molar-refractivity contribution in [1.29, 1.82) is 0 Å². The third-order valence-corrected chi connectivity index (χ3v) is 5.71. The number of rotatable bonds is 4. The Labute approximate surface area is 163 Å². The van der Waals surface area contributed by atoms with E-state index in [0.29, 0.717) is 44.0 Å². The number of nitrogens with zero attached hydrogens (tertiary/aromatic N) is 2. The first-order valence-electron chi connectivity index (χ1n) is 9.35. The number of benzene rings is 1. The molecule has 1 spiro atoms. The number of amides is 2. The molecule has 3 heterocycles. The molecule has 0 aliphatic carbocycles. The van der Waals surface area contributed by atoms with Crippen molar-refractivity contribution < 1.29 is 19.1 Å². The molecule has 28 heavy (non-hydrogen) atoms. The fourth-order valence-electron chi connectivity index (χ4n) is 4.04. The highest BCUT2D eigenvalue weighted by Gasteiger charge is 2.49. The number of hydrogen-bond donors (Lipinski definition) is 1. The van der Waals surface area contributed by atoms with E-state index in [4.69, 9.17) is 9.47 Å². The zero-order chi connectivity index (χ0) is 19.7. The Hall–Kier alpha value is -3.09. The molecule has 0 bridgehead atoms. The van der Waals surface area contributed by atoms with Gasteiger partial charge in [0.25, 0.3) is 0 Å². The summed E-state index contributed by atoms with van der Waals surface area (Å²) in [5.74, 6) is 1.21. The summed E-state index contributed by atoms with van der Waals surface area (Å²) in [6, 6.07) is 7.51. The van der Waals surface area contributed by atoms with Gasteiger partial charge in [-0.2, -0.15) is 0 Å². The summed E-state index contributed by atoms with van der Waals surface area (Å²) in [7, 11) is 1.59. The van der Waals surface area contributed by atoms with E-state index in [1.165, 1.54) is 0 Å². The van der Waals surface area contributed by atoms with Gasteiger partial charge in [0, 0.05) is 44.2 Å². The molecule has 0 radical (unpaired) electrons. The number of nitrogens with one attached hydrogen (secondary N) is 1. The van der Waals surface area contributed by atoms with E-state index < -0.39 is 5.41 Å². The summed E-state index contributed by atoms with van der Waals surface area (Å²) in [5, 5.41) is 3.00. The molecule has 1 aromatic carbocycles. The van der Waals surface area contributed by atoms with Crippen molar-refractivity contribution in [3.8, 4) is 11.5 Å². The Morgan fingerprint density at radius 3 is 2.57 bits per heavy atom. The van der Waals surface area contributed by atoms with Crippen LogP contribution in [0.2, 0.25) is 0 Å². The van der Waals surface area contributed by atoms with Crippen LogP contribution in [0.25, 0.3) is 0 Å². The molecule has 146 valence electrons. The lowest BCUT2D eigenvalue weighted by Gasteiger charge is -2.37. The first-order chi connectivity index (χ1) is 13.5. The molecule has 1 N–H and O–H groups in total. The second-order valence-electron chi connectivity index (χ2n) is 7.24. The molecule has 7 heteroatoms. The Bertz CT molecular complexity index is 905. The van der Waals surface area contributed by atoms with Gasteiger partial charge in [-0.05, 0) is 42.2 Å². The Morgan fingerprint density at radius 2 is 1.93 bits per heavy atom. The largest absolute Gasteiger partial charge is 0.493 e. The summed E-state index contributed by atoms with van der Waals surface area (Å²) < 4.78 is 11.5. The molecule has 0 unspecified atom stereocenters. The van der Waals surface area contributed by atoms with Gasteiger partial charge in [-0.3, -0.25) is 14.6 Å². The van der Waals surface area contributed by atoms with E-state index in [1.54, 1.807) is 31.3 Å². The van der Waals surface area contributed by atoms with Crippen molar-refractivity contribution in [2.24, 2.45) is 0 Å². The van der Waals surface area contributed by atoms with Gasteiger partial charge in [-0.15, -0.1) is 0 Å². The lowest BCUT2D eigenvalue weighted by atomic mass is 9.73. The van der Waals surface area contributed by atoms with Crippen LogP contribution in [-0.4, -0.2) is 41.9 Å². The van der Waals surface area contributed by atoms with E-state index in [-0.39, 0.29) is 11.8 Å². The molecule has 2 aliphatic rings. The second kappa shape index (κ2) is 7.14. The third kappa shape index (κ3) is 3.06. The van der Waals surface area contributed by atoms with Gasteiger partial charge in [0.2, 0.25) is 11.8 Å². The average molecular weight is 381 g/mol. The van der Waals surface area contributed by atoms with Crippen molar-refractivity contribution in [1.82, 2.24) is 9.88 Å². The number of hydrogen-bond acceptors (Lipinski definition) is 5. The van der Waals surface area contributed by atoms with E-state index in [0.717, 1.165) is 16.8 Å². The fraction of sp³-hybridized carbons (Fsp3) is 0.381. The van der Waals surface area contributed by atoms with Gasteiger partial charge in [0.05, 0.1) is 12.5 Å². The molecule has 1 saturated heterocycles. The lowest BCUT2D eigenvalue weighted by molar-refractivity contribution is -0.133. The van der Waals surface area contributed by atoms with E-state index in [2.05, 4.69) is 10.3 Å². The molecule has 4 rings (SSSR count). The Balaban J connectivity index is 1.61. The molecule has 7 nitrogen and oxygen atoms in total. The van der Waals surface area contributed by atoms with Crippen molar-refractivity contribution in [2.45, 2.75) is 31.8 Å². The van der Waals surface area contributed by atoms with Crippen molar-refractivity contribution in [2.75, 3.05) is 25.5 Å². The summed E-state index contributed by atoms with van der Waals surface area (Å²) in [5.41, 5.74) is 2.06. The minimum absolute atomic E-state index is 0.0148. The van der Waals surface area contributed by atoms with E-state index in [1.807, 2.05) is 24.3 Å². The number of carbonyl (C=O) groups excluding carboxylic acids is 2. The van der Waals surface area contributed by atoms with Gasteiger partial charge in [-0.25, -0.2) is 0 Å². The number of methoxy groups -OCH3 is 1. The van der Waals surface area contributed by atoms with Gasteiger partial charge in [0.15, 0.2) is 11.5 Å². The molecular weight excluding hydrogens is 358 g/mol. The summed E-state index contributed by atoms with van der Waals surface area (Å²) in [6.07, 6.45) is 4.64. The molecule has 2 amide bonds. The van der Waals surface area contributed by atoms with E-state index >= 15 is 0 Å². The van der Waals surface area contributed by atoms with Crippen LogP contribution in [0.1, 0.15) is 30.9 Å². The maximum Gasteiger partial charge on any atom is 0.235 e. The monoisotopic (exact) mass is 381 g/mol. The first kappa shape index (κ1) is 18.3. The average Bonchev–Trinajstić information content (AvgIpc) is 2.97. The van der Waals surface area contributed by atoms with Crippen LogP contribution in [0.15, 0.2) is 36.7 Å². The number of carbonyl (C=O) groups is 2. The maximum atomic E-state index is 12.9. The lowest BCUT2D eigenvalue weighted by Crippen LogP contribution is -2.47. The van der Waals surface area contributed by atoms with Crippen LogP contribution in [0, 0.1) is 0 Å². The Morgan fingerprint density at radius 1 is 1.21 bits per heavy atom. The zero-order valence-corrected chi connectivity index (χ0v) is 16.0. The topological polar surface area (TPSA) is 80.8 Å². The number of fused-ring (bicyclic) bond motifs is 2. The maximum absolute atomic E-state index is 12.9. The zero-order valence-electron chi connectivity index (χ0n) is 16.0. The first-order valence-corrected chi connectivity index (χ1v) is 9.35. The van der Waals surface area contributed by atoms with Crippen LogP contribution < -0.4 is 14.8 Å². The molecule has 0 atom stereocenters. The predicted molar refractivity (Wildman–Crippen MR) is 103 cm³/mol. The molecule has 0 saturated carbocycles. The normalized spacial score (nSPS) is 17.2. The number of piperidine rings is 1. The quantitative estimate of drug-likeness (QED) is 0.880. The molecule has 2 aromatic rings. The van der Waals surface area contributed by atoms with Gasteiger partial charge in [0.1, 0.15) is 6.61 Å². The SMILES string of the molecule is COc1cc2c(cc1OCc1ccncc1)NC(=O)C21CCN(C(C)=O)CC1. The fourth-order valence-corrected chi connectivity index (χ4v) is 4.04. The number of aromatic nitrogens is 1. The van der Waals surface area contributed by atoms with Crippen LogP contribution in [0.5, 0.6) is 11.5 Å². The second-order valence-corrected chi connectivity index (χ2v) is 7.24. The highest BCUT2D eigenvalue weighted by Crippen LogP contribution is 2.48. The van der Waals surface area contributed by atoms with Crippen LogP contribution in [0.3, 0.4) is 0 Å². The summed E-state index contributed by atoms with van der Waals surface area (Å²) in [4.78, 5) is 30.3. The van der Waals surface area contributed by atoms with Crippen molar-refractivity contribution in [3.63, 3.8) is 0 Å². The van der Waals surface area contributed by atoms with Crippen LogP contribution >= 0.6 is 0 Å². The smallest absolute Gasteiger partial charge is 0.235 e. The molecule has 1 fully saturated rings. The number of ether oxygens (including phenoxy) is 2. The molecule has 1 aromatic heterocycles. The third-order valence-electron chi connectivity index (χ3n) is 5.71. The number of pyridine rings is 1. The highest BCUT2D eigenvalue weighted by atomic mass is 16.5. The van der Waals surface area contributed by atoms with Gasteiger partial charge < -0.3 is 19.7 Å². The van der Waals surface area contributed by atoms with Crippen LogP contribution in [-0.2, 0) is 21.6 Å². The van der Waals surface area contributed by atoms with E-state index in [9.17, 15) is 9.59 Å². The van der Waals surface area contributed by atoms with Crippen molar-refractivity contribution in [3.05, 3.63) is 47.8 Å². The Kier molecular flexibility index (Phi) is 4.66.